The molecule has 112 valence electrons. The first-order chi connectivity index (χ1) is 9.72. The van der Waals surface area contributed by atoms with Gasteiger partial charge in [-0.15, -0.1) is 0 Å². The number of hydrogen-bond donors (Lipinski definition) is 1. The summed E-state index contributed by atoms with van der Waals surface area (Å²) in [5, 5.41) is 3.76. The molecule has 1 aromatic rings. The predicted molar refractivity (Wildman–Crippen MR) is 96.1 cm³/mol. The van der Waals surface area contributed by atoms with Crippen LogP contribution in [0.1, 0.15) is 51.5 Å². The van der Waals surface area contributed by atoms with Crippen molar-refractivity contribution in [2.75, 3.05) is 6.54 Å². The Labute approximate surface area is 138 Å². The SMILES string of the molecule is CCNC(Cc1ccc(I)cc1)C1CCCC(CC)C1. The van der Waals surface area contributed by atoms with Gasteiger partial charge < -0.3 is 5.32 Å². The minimum Gasteiger partial charge on any atom is -0.314 e. The normalized spacial score (nSPS) is 24.6. The zero-order valence-electron chi connectivity index (χ0n) is 12.9. The number of rotatable bonds is 6. The van der Waals surface area contributed by atoms with Gasteiger partial charge in [-0.25, -0.2) is 0 Å². The van der Waals surface area contributed by atoms with Crippen molar-refractivity contribution in [3.63, 3.8) is 0 Å². The largest absolute Gasteiger partial charge is 0.314 e. The van der Waals surface area contributed by atoms with Crippen LogP contribution >= 0.6 is 22.6 Å². The standard InChI is InChI=1S/C18H28IN/c1-3-14-6-5-7-16(12-14)18(20-4-2)13-15-8-10-17(19)11-9-15/h8-11,14,16,18,20H,3-7,12-13H2,1-2H3. The van der Waals surface area contributed by atoms with Crippen LogP contribution < -0.4 is 5.32 Å². The summed E-state index contributed by atoms with van der Waals surface area (Å²) in [5.41, 5.74) is 1.48. The molecule has 20 heavy (non-hydrogen) atoms. The predicted octanol–water partition coefficient (Wildman–Crippen LogP) is 5.03. The Bertz CT molecular complexity index is 387. The molecule has 2 rings (SSSR count). The summed E-state index contributed by atoms with van der Waals surface area (Å²) in [6, 6.07) is 9.72. The number of halogens is 1. The van der Waals surface area contributed by atoms with E-state index in [9.17, 15) is 0 Å². The summed E-state index contributed by atoms with van der Waals surface area (Å²) in [7, 11) is 0. The summed E-state index contributed by atoms with van der Waals surface area (Å²) in [5.74, 6) is 1.83. The van der Waals surface area contributed by atoms with E-state index in [1.54, 1.807) is 0 Å². The molecule has 0 aliphatic heterocycles. The minimum absolute atomic E-state index is 0.661. The third kappa shape index (κ3) is 4.73. The van der Waals surface area contributed by atoms with Crippen LogP contribution in [0.4, 0.5) is 0 Å². The van der Waals surface area contributed by atoms with Gasteiger partial charge >= 0.3 is 0 Å². The van der Waals surface area contributed by atoms with Crippen molar-refractivity contribution in [3.8, 4) is 0 Å². The van der Waals surface area contributed by atoms with Crippen molar-refractivity contribution in [1.82, 2.24) is 5.32 Å². The van der Waals surface area contributed by atoms with E-state index in [4.69, 9.17) is 0 Å². The molecule has 2 heteroatoms. The van der Waals surface area contributed by atoms with Crippen LogP contribution in [0.25, 0.3) is 0 Å². The van der Waals surface area contributed by atoms with Gasteiger partial charge in [-0.05, 0) is 77.9 Å². The molecule has 0 saturated heterocycles. The van der Waals surface area contributed by atoms with E-state index in [0.29, 0.717) is 6.04 Å². The van der Waals surface area contributed by atoms with Crippen molar-refractivity contribution < 1.29 is 0 Å². The topological polar surface area (TPSA) is 12.0 Å². The zero-order chi connectivity index (χ0) is 14.4. The molecule has 3 unspecified atom stereocenters. The second-order valence-corrected chi connectivity index (χ2v) is 7.44. The molecule has 1 N–H and O–H groups in total. The molecule has 1 nitrogen and oxygen atoms in total. The molecule has 0 bridgehead atoms. The third-order valence-electron chi connectivity index (χ3n) is 4.80. The van der Waals surface area contributed by atoms with Crippen molar-refractivity contribution in [2.24, 2.45) is 11.8 Å². The molecular formula is C18H28IN. The fourth-order valence-electron chi connectivity index (χ4n) is 3.61. The Kier molecular flexibility index (Phi) is 6.82. The van der Waals surface area contributed by atoms with Crippen LogP contribution in [-0.4, -0.2) is 12.6 Å². The van der Waals surface area contributed by atoms with Crippen LogP contribution in [0.15, 0.2) is 24.3 Å². The van der Waals surface area contributed by atoms with Crippen LogP contribution in [0.2, 0.25) is 0 Å². The van der Waals surface area contributed by atoms with Crippen molar-refractivity contribution in [1.29, 1.82) is 0 Å². The maximum Gasteiger partial charge on any atom is 0.0136 e. The van der Waals surface area contributed by atoms with Gasteiger partial charge in [0.15, 0.2) is 0 Å². The molecule has 1 aliphatic rings. The number of hydrogen-bond acceptors (Lipinski definition) is 1. The second kappa shape index (κ2) is 8.38. The molecule has 1 saturated carbocycles. The monoisotopic (exact) mass is 385 g/mol. The molecular weight excluding hydrogens is 357 g/mol. The highest BCUT2D eigenvalue weighted by Crippen LogP contribution is 2.33. The summed E-state index contributed by atoms with van der Waals surface area (Å²) >= 11 is 2.38. The number of benzene rings is 1. The molecule has 1 aromatic carbocycles. The van der Waals surface area contributed by atoms with E-state index < -0.39 is 0 Å². The van der Waals surface area contributed by atoms with Gasteiger partial charge in [0.1, 0.15) is 0 Å². The van der Waals surface area contributed by atoms with E-state index in [2.05, 4.69) is 66.0 Å². The van der Waals surface area contributed by atoms with Crippen LogP contribution in [-0.2, 0) is 6.42 Å². The van der Waals surface area contributed by atoms with Crippen molar-refractivity contribution >= 4 is 22.6 Å². The smallest absolute Gasteiger partial charge is 0.0136 e. The molecule has 0 aromatic heterocycles. The van der Waals surface area contributed by atoms with Gasteiger partial charge in [-0.2, -0.15) is 0 Å². The number of likely N-dealkylation sites (N-methyl/N-ethyl adjacent to an activating group) is 1. The Hall–Kier alpha value is -0.0900. The molecule has 3 atom stereocenters. The van der Waals surface area contributed by atoms with Crippen LogP contribution in [0.3, 0.4) is 0 Å². The molecule has 0 spiro atoms. The lowest BCUT2D eigenvalue weighted by molar-refractivity contribution is 0.208. The quantitative estimate of drug-likeness (QED) is 0.678. The van der Waals surface area contributed by atoms with E-state index >= 15 is 0 Å². The fourth-order valence-corrected chi connectivity index (χ4v) is 3.97. The first-order valence-electron chi connectivity index (χ1n) is 8.20. The van der Waals surface area contributed by atoms with Gasteiger partial charge in [0.05, 0.1) is 0 Å². The van der Waals surface area contributed by atoms with Crippen LogP contribution in [0, 0.1) is 15.4 Å². The molecule has 0 heterocycles. The summed E-state index contributed by atoms with van der Waals surface area (Å²) in [6.07, 6.45) is 8.27. The van der Waals surface area contributed by atoms with E-state index in [-0.39, 0.29) is 0 Å². The van der Waals surface area contributed by atoms with E-state index in [1.807, 2.05) is 0 Å². The fraction of sp³-hybridized carbons (Fsp3) is 0.667. The maximum absolute atomic E-state index is 3.76. The van der Waals surface area contributed by atoms with Gasteiger partial charge in [-0.3, -0.25) is 0 Å². The zero-order valence-corrected chi connectivity index (χ0v) is 15.0. The van der Waals surface area contributed by atoms with E-state index in [1.165, 1.54) is 47.7 Å². The molecule has 0 radical (unpaired) electrons. The lowest BCUT2D eigenvalue weighted by atomic mass is 9.75. The first-order valence-corrected chi connectivity index (χ1v) is 9.28. The molecule has 0 amide bonds. The average Bonchev–Trinajstić information content (AvgIpc) is 2.49. The Morgan fingerprint density at radius 1 is 1.20 bits per heavy atom. The van der Waals surface area contributed by atoms with Gasteiger partial charge in [-0.1, -0.05) is 45.2 Å². The van der Waals surface area contributed by atoms with Crippen LogP contribution in [0.5, 0.6) is 0 Å². The van der Waals surface area contributed by atoms with Gasteiger partial charge in [0, 0.05) is 9.61 Å². The highest BCUT2D eigenvalue weighted by Gasteiger charge is 2.27. The number of nitrogens with one attached hydrogen (secondary N) is 1. The van der Waals surface area contributed by atoms with E-state index in [0.717, 1.165) is 18.4 Å². The first kappa shape index (κ1) is 16.3. The molecule has 1 fully saturated rings. The maximum atomic E-state index is 3.76. The summed E-state index contributed by atoms with van der Waals surface area (Å²) in [6.45, 7) is 5.68. The Balaban J connectivity index is 2.00. The van der Waals surface area contributed by atoms with Crippen molar-refractivity contribution in [3.05, 3.63) is 33.4 Å². The Morgan fingerprint density at radius 2 is 1.95 bits per heavy atom. The van der Waals surface area contributed by atoms with Crippen molar-refractivity contribution in [2.45, 2.75) is 58.4 Å². The minimum atomic E-state index is 0.661. The Morgan fingerprint density at radius 3 is 2.60 bits per heavy atom. The second-order valence-electron chi connectivity index (χ2n) is 6.20. The lowest BCUT2D eigenvalue weighted by Crippen LogP contribution is -2.40. The lowest BCUT2D eigenvalue weighted by Gasteiger charge is -2.35. The highest BCUT2D eigenvalue weighted by molar-refractivity contribution is 14.1. The summed E-state index contributed by atoms with van der Waals surface area (Å²) in [4.78, 5) is 0. The summed E-state index contributed by atoms with van der Waals surface area (Å²) < 4.78 is 1.33. The third-order valence-corrected chi connectivity index (χ3v) is 5.52. The highest BCUT2D eigenvalue weighted by atomic mass is 127. The van der Waals surface area contributed by atoms with Gasteiger partial charge in [0.25, 0.3) is 0 Å². The average molecular weight is 385 g/mol. The molecule has 1 aliphatic carbocycles. The van der Waals surface area contributed by atoms with Gasteiger partial charge in [0.2, 0.25) is 0 Å².